The molecule has 11 atom stereocenters. The first-order chi connectivity index (χ1) is 17.9. The van der Waals surface area contributed by atoms with Crippen LogP contribution in [0.2, 0.25) is 0 Å². The summed E-state index contributed by atoms with van der Waals surface area (Å²) >= 11 is 0. The first-order valence-electron chi connectivity index (χ1n) is 12.9. The Balaban J connectivity index is 1.37. The zero-order chi connectivity index (χ0) is 27.5. The molecule has 4 aliphatic carbocycles. The van der Waals surface area contributed by atoms with E-state index in [1.54, 1.807) is 6.08 Å². The summed E-state index contributed by atoms with van der Waals surface area (Å²) in [4.78, 5) is 50.7. The average Bonchev–Trinajstić information content (AvgIpc) is 2.85. The van der Waals surface area contributed by atoms with Crippen LogP contribution in [0.25, 0.3) is 0 Å². The van der Waals surface area contributed by atoms with Crippen molar-refractivity contribution >= 4 is 23.4 Å². The van der Waals surface area contributed by atoms with Gasteiger partial charge >= 0.3 is 0 Å². The van der Waals surface area contributed by atoms with Crippen LogP contribution in [-0.2, 0) is 19.2 Å². The highest BCUT2D eigenvalue weighted by molar-refractivity contribution is 6.20. The SMILES string of the molecule is NC(=O)C1=C(O)[C@@]2(O)C(O)C3C(=O)C4C(O)C=CC(CNC(=O)C5CC(O)NCN5)C4C[C@H]3C[C@H]2CC1=O. The number of aliphatic hydroxyl groups is 5. The van der Waals surface area contributed by atoms with Crippen LogP contribution in [0, 0.1) is 35.5 Å². The van der Waals surface area contributed by atoms with Gasteiger partial charge in [-0.15, -0.1) is 0 Å². The van der Waals surface area contributed by atoms with E-state index in [1.165, 1.54) is 6.08 Å². The molecule has 0 aromatic heterocycles. The van der Waals surface area contributed by atoms with Gasteiger partial charge in [-0.3, -0.25) is 29.8 Å². The number of hydrogen-bond donors (Lipinski definition) is 9. The van der Waals surface area contributed by atoms with E-state index in [2.05, 4.69) is 16.0 Å². The molecule has 0 spiro atoms. The second-order valence-electron chi connectivity index (χ2n) is 11.2. The van der Waals surface area contributed by atoms with Crippen molar-refractivity contribution in [2.24, 2.45) is 41.2 Å². The number of fused-ring (bicyclic) bond motifs is 3. The standard InChI is InChI=1S/C25H34N4O9/c26-23(36)19-15(31)5-11-3-10-4-12-9(7-27-24(37)13-6-16(32)29-8-28-13)1-2-14(30)18(12)20(33)17(10)21(34)25(11,38)22(19)35/h1-2,9-14,16-18,21,28-30,32,34-35,38H,3-8H2,(H2,26,36)(H,27,37)/t9?,10-,11+,12?,13?,14?,16?,17?,18?,21?,25+/m1/s1. The molecule has 3 fully saturated rings. The molecule has 2 saturated carbocycles. The number of aliphatic hydroxyl groups excluding tert-OH is 4. The van der Waals surface area contributed by atoms with E-state index in [0.29, 0.717) is 6.42 Å². The number of Topliss-reactive ketones (excluding diaryl/α,β-unsaturated/α-hetero) is 2. The molecular weight excluding hydrogens is 500 g/mol. The van der Waals surface area contributed by atoms with Crippen LogP contribution in [0.4, 0.5) is 0 Å². The molecule has 13 heteroatoms. The van der Waals surface area contributed by atoms with Crippen LogP contribution in [0.1, 0.15) is 25.7 Å². The molecule has 1 saturated heterocycles. The lowest BCUT2D eigenvalue weighted by molar-refractivity contribution is -0.195. The average molecular weight is 535 g/mol. The molecular formula is C25H34N4O9. The minimum atomic E-state index is -2.39. The van der Waals surface area contributed by atoms with E-state index in [9.17, 15) is 44.7 Å². The van der Waals surface area contributed by atoms with Gasteiger partial charge in [0.25, 0.3) is 5.91 Å². The number of carbonyl (C=O) groups is 4. The third-order valence-corrected chi connectivity index (χ3v) is 9.22. The van der Waals surface area contributed by atoms with Crippen molar-refractivity contribution in [1.82, 2.24) is 16.0 Å². The van der Waals surface area contributed by atoms with Crippen molar-refractivity contribution in [1.29, 1.82) is 0 Å². The maximum Gasteiger partial charge on any atom is 0.255 e. The summed E-state index contributed by atoms with van der Waals surface area (Å²) in [5.41, 5.74) is 2.07. The molecule has 0 aromatic rings. The third kappa shape index (κ3) is 4.17. The molecule has 38 heavy (non-hydrogen) atoms. The van der Waals surface area contributed by atoms with Gasteiger partial charge in [0.2, 0.25) is 5.91 Å². The highest BCUT2D eigenvalue weighted by Gasteiger charge is 2.64. The van der Waals surface area contributed by atoms with Crippen molar-refractivity contribution in [3.8, 4) is 0 Å². The van der Waals surface area contributed by atoms with Crippen molar-refractivity contribution < 1.29 is 44.7 Å². The lowest BCUT2D eigenvalue weighted by atomic mass is 9.50. The first-order valence-corrected chi connectivity index (χ1v) is 12.9. The predicted octanol–water partition coefficient (Wildman–Crippen LogP) is -3.30. The minimum Gasteiger partial charge on any atom is -0.508 e. The molecule has 0 radical (unpaired) electrons. The second kappa shape index (κ2) is 9.81. The monoisotopic (exact) mass is 534 g/mol. The number of nitrogens with one attached hydrogen (secondary N) is 3. The molecule has 1 aliphatic heterocycles. The van der Waals surface area contributed by atoms with Crippen molar-refractivity contribution in [2.45, 2.75) is 55.8 Å². The van der Waals surface area contributed by atoms with Crippen LogP contribution in [0.5, 0.6) is 0 Å². The normalized spacial score (nSPS) is 44.6. The van der Waals surface area contributed by atoms with Crippen molar-refractivity contribution in [3.63, 3.8) is 0 Å². The predicted molar refractivity (Wildman–Crippen MR) is 128 cm³/mol. The van der Waals surface area contributed by atoms with Crippen LogP contribution in [0.3, 0.4) is 0 Å². The van der Waals surface area contributed by atoms with Gasteiger partial charge in [0.15, 0.2) is 11.4 Å². The zero-order valence-corrected chi connectivity index (χ0v) is 20.6. The highest BCUT2D eigenvalue weighted by atomic mass is 16.4. The topological polar surface area (TPSA) is 232 Å². The Morgan fingerprint density at radius 3 is 2.50 bits per heavy atom. The molecule has 1 heterocycles. The Hall–Kier alpha value is -2.68. The molecule has 0 bridgehead atoms. The smallest absolute Gasteiger partial charge is 0.255 e. The lowest BCUT2D eigenvalue weighted by Gasteiger charge is -2.56. The Labute approximate surface area is 218 Å². The van der Waals surface area contributed by atoms with E-state index in [1.807, 2.05) is 0 Å². The van der Waals surface area contributed by atoms with Gasteiger partial charge in [0, 0.05) is 32.0 Å². The summed E-state index contributed by atoms with van der Waals surface area (Å²) in [6.07, 6.45) is -0.129. The molecule has 8 unspecified atom stereocenters. The lowest BCUT2D eigenvalue weighted by Crippen LogP contribution is -2.66. The van der Waals surface area contributed by atoms with E-state index in [4.69, 9.17) is 5.73 Å². The van der Waals surface area contributed by atoms with Crippen LogP contribution < -0.4 is 21.7 Å². The third-order valence-electron chi connectivity index (χ3n) is 9.22. The Morgan fingerprint density at radius 2 is 1.82 bits per heavy atom. The molecule has 208 valence electrons. The van der Waals surface area contributed by atoms with Gasteiger partial charge in [0.1, 0.15) is 29.4 Å². The summed E-state index contributed by atoms with van der Waals surface area (Å²) in [5.74, 6) is -7.87. The summed E-state index contributed by atoms with van der Waals surface area (Å²) in [7, 11) is 0. The Kier molecular flexibility index (Phi) is 6.95. The number of carbonyl (C=O) groups excluding carboxylic acids is 4. The van der Waals surface area contributed by atoms with E-state index in [-0.39, 0.29) is 50.2 Å². The number of primary amides is 1. The fourth-order valence-electron chi connectivity index (χ4n) is 7.34. The fraction of sp³-hybridized carbons (Fsp3) is 0.680. The van der Waals surface area contributed by atoms with Crippen LogP contribution in [-0.4, -0.2) is 92.2 Å². The summed E-state index contributed by atoms with van der Waals surface area (Å²) in [6, 6.07) is -0.585. The summed E-state index contributed by atoms with van der Waals surface area (Å²) in [5, 5.41) is 62.4. The molecule has 13 nitrogen and oxygen atoms in total. The number of hydrogen-bond acceptors (Lipinski definition) is 11. The van der Waals surface area contributed by atoms with Gasteiger partial charge in [-0.25, -0.2) is 0 Å². The van der Waals surface area contributed by atoms with Crippen molar-refractivity contribution in [2.75, 3.05) is 13.2 Å². The Bertz CT molecular complexity index is 1110. The van der Waals surface area contributed by atoms with E-state index >= 15 is 0 Å². The Morgan fingerprint density at radius 1 is 1.08 bits per heavy atom. The van der Waals surface area contributed by atoms with Gasteiger partial charge < -0.3 is 36.6 Å². The number of nitrogens with two attached hydrogens (primary N) is 1. The number of amides is 2. The molecule has 10 N–H and O–H groups in total. The largest absolute Gasteiger partial charge is 0.508 e. The second-order valence-corrected chi connectivity index (χ2v) is 11.2. The van der Waals surface area contributed by atoms with E-state index in [0.717, 1.165) is 0 Å². The maximum atomic E-state index is 13.7. The molecule has 2 amide bonds. The number of ketones is 2. The van der Waals surface area contributed by atoms with Gasteiger partial charge in [-0.2, -0.15) is 0 Å². The van der Waals surface area contributed by atoms with Gasteiger partial charge in [-0.1, -0.05) is 12.2 Å². The summed E-state index contributed by atoms with van der Waals surface area (Å²) in [6.45, 7) is 0.469. The molecule has 5 rings (SSSR count). The fourth-order valence-corrected chi connectivity index (χ4v) is 7.34. The molecule has 0 aromatic carbocycles. The first kappa shape index (κ1) is 26.9. The van der Waals surface area contributed by atoms with Gasteiger partial charge in [-0.05, 0) is 30.6 Å². The van der Waals surface area contributed by atoms with Gasteiger partial charge in [0.05, 0.1) is 24.0 Å². The zero-order valence-electron chi connectivity index (χ0n) is 20.6. The van der Waals surface area contributed by atoms with Crippen molar-refractivity contribution in [3.05, 3.63) is 23.5 Å². The quantitative estimate of drug-likeness (QED) is 0.128. The minimum absolute atomic E-state index is 0.130. The van der Waals surface area contributed by atoms with E-state index < -0.39 is 82.6 Å². The molecule has 5 aliphatic rings. The number of rotatable bonds is 4. The summed E-state index contributed by atoms with van der Waals surface area (Å²) < 4.78 is 0. The van der Waals surface area contributed by atoms with Crippen LogP contribution in [0.15, 0.2) is 23.5 Å². The maximum absolute atomic E-state index is 13.7. The van der Waals surface area contributed by atoms with Crippen LogP contribution >= 0.6 is 0 Å². The highest BCUT2D eigenvalue weighted by Crippen LogP contribution is 2.55.